The second-order valence-electron chi connectivity index (χ2n) is 5.03. The normalized spacial score (nSPS) is 33.8. The summed E-state index contributed by atoms with van der Waals surface area (Å²) >= 11 is 0. The SMILES string of the molecule is CC(C)c1ccc(C23CC2CN3)cc1. The maximum absolute atomic E-state index is 3.56. The lowest BCUT2D eigenvalue weighted by Gasteiger charge is -2.28. The second-order valence-corrected chi connectivity index (χ2v) is 5.03. The molecule has 1 heteroatoms. The summed E-state index contributed by atoms with van der Waals surface area (Å²) < 4.78 is 0. The van der Waals surface area contributed by atoms with E-state index < -0.39 is 0 Å². The number of nitrogens with one attached hydrogen (secondary N) is 1. The van der Waals surface area contributed by atoms with Crippen molar-refractivity contribution in [2.24, 2.45) is 5.92 Å². The van der Waals surface area contributed by atoms with Crippen molar-refractivity contribution in [1.82, 2.24) is 5.32 Å². The van der Waals surface area contributed by atoms with Gasteiger partial charge in [0.05, 0.1) is 0 Å². The van der Waals surface area contributed by atoms with Gasteiger partial charge in [0.1, 0.15) is 0 Å². The van der Waals surface area contributed by atoms with Gasteiger partial charge in [-0.15, -0.1) is 0 Å². The monoisotopic (exact) mass is 187 g/mol. The number of hydrogen-bond donors (Lipinski definition) is 1. The van der Waals surface area contributed by atoms with Crippen LogP contribution in [0, 0.1) is 5.92 Å². The number of benzene rings is 1. The average Bonchev–Trinajstić information content (AvgIpc) is 2.70. The molecule has 0 radical (unpaired) electrons. The van der Waals surface area contributed by atoms with Crippen molar-refractivity contribution in [3.8, 4) is 0 Å². The summed E-state index contributed by atoms with van der Waals surface area (Å²) in [7, 11) is 0. The largest absolute Gasteiger partial charge is 0.307 e. The van der Waals surface area contributed by atoms with Crippen LogP contribution in [-0.2, 0) is 5.54 Å². The fourth-order valence-corrected chi connectivity index (χ4v) is 2.59. The van der Waals surface area contributed by atoms with Gasteiger partial charge >= 0.3 is 0 Å². The molecule has 0 amide bonds. The van der Waals surface area contributed by atoms with Gasteiger partial charge in [0.15, 0.2) is 0 Å². The molecule has 2 unspecified atom stereocenters. The second kappa shape index (κ2) is 2.60. The van der Waals surface area contributed by atoms with Gasteiger partial charge in [-0.25, -0.2) is 0 Å². The molecule has 1 heterocycles. The van der Waals surface area contributed by atoms with Gasteiger partial charge in [-0.2, -0.15) is 0 Å². The first-order valence-corrected chi connectivity index (χ1v) is 5.58. The van der Waals surface area contributed by atoms with Crippen molar-refractivity contribution in [2.45, 2.75) is 31.7 Å². The van der Waals surface area contributed by atoms with Gasteiger partial charge < -0.3 is 5.32 Å². The molecule has 1 nitrogen and oxygen atoms in total. The molecule has 2 atom stereocenters. The topological polar surface area (TPSA) is 12.0 Å². The molecule has 0 spiro atoms. The molecule has 1 aliphatic heterocycles. The molecular formula is C13H17N. The van der Waals surface area contributed by atoms with E-state index in [-0.39, 0.29) is 0 Å². The molecule has 1 aliphatic carbocycles. The first kappa shape index (κ1) is 8.49. The number of rotatable bonds is 2. The third-order valence-electron chi connectivity index (χ3n) is 3.86. The summed E-state index contributed by atoms with van der Waals surface area (Å²) in [5.74, 6) is 1.58. The van der Waals surface area contributed by atoms with E-state index in [1.807, 2.05) is 0 Å². The van der Waals surface area contributed by atoms with Crippen LogP contribution in [-0.4, -0.2) is 6.54 Å². The standard InChI is InChI=1S/C13H17N/c1-9(2)10-3-5-11(6-4-10)13-7-12(13)8-14-13/h3-6,9,12,14H,7-8H2,1-2H3. The highest BCUT2D eigenvalue weighted by Crippen LogP contribution is 2.57. The summed E-state index contributed by atoms with van der Waals surface area (Å²) in [6.45, 7) is 5.72. The Labute approximate surface area is 85.5 Å². The Balaban J connectivity index is 1.88. The van der Waals surface area contributed by atoms with E-state index in [1.54, 1.807) is 0 Å². The van der Waals surface area contributed by atoms with Crippen LogP contribution in [0.2, 0.25) is 0 Å². The van der Waals surface area contributed by atoms with Crippen molar-refractivity contribution in [1.29, 1.82) is 0 Å². The zero-order chi connectivity index (χ0) is 9.76. The Bertz CT molecular complexity index is 348. The van der Waals surface area contributed by atoms with Gasteiger partial charge in [0.2, 0.25) is 0 Å². The first-order chi connectivity index (χ1) is 6.72. The molecule has 74 valence electrons. The lowest BCUT2D eigenvalue weighted by Crippen LogP contribution is -2.43. The quantitative estimate of drug-likeness (QED) is 0.750. The molecule has 1 saturated carbocycles. The minimum absolute atomic E-state index is 0.412. The van der Waals surface area contributed by atoms with Crippen molar-refractivity contribution < 1.29 is 0 Å². The predicted molar refractivity (Wildman–Crippen MR) is 58.3 cm³/mol. The molecule has 1 N–H and O–H groups in total. The lowest BCUT2D eigenvalue weighted by atomic mass is 9.94. The van der Waals surface area contributed by atoms with Crippen molar-refractivity contribution >= 4 is 0 Å². The molecule has 0 aromatic heterocycles. The molecule has 2 aliphatic rings. The van der Waals surface area contributed by atoms with E-state index in [0.29, 0.717) is 11.5 Å². The average molecular weight is 187 g/mol. The van der Waals surface area contributed by atoms with E-state index in [9.17, 15) is 0 Å². The van der Waals surface area contributed by atoms with Gasteiger partial charge in [-0.3, -0.25) is 0 Å². The summed E-state index contributed by atoms with van der Waals surface area (Å²) in [6.07, 6.45) is 1.36. The summed E-state index contributed by atoms with van der Waals surface area (Å²) in [4.78, 5) is 0. The summed E-state index contributed by atoms with van der Waals surface area (Å²) in [6, 6.07) is 9.18. The fraction of sp³-hybridized carbons (Fsp3) is 0.538. The van der Waals surface area contributed by atoms with Crippen LogP contribution in [0.3, 0.4) is 0 Å². The molecule has 2 fully saturated rings. The lowest BCUT2D eigenvalue weighted by molar-refractivity contribution is 0.362. The minimum atomic E-state index is 0.412. The van der Waals surface area contributed by atoms with Gasteiger partial charge in [0, 0.05) is 12.1 Å². The molecular weight excluding hydrogens is 170 g/mol. The minimum Gasteiger partial charge on any atom is -0.307 e. The van der Waals surface area contributed by atoms with Crippen molar-refractivity contribution in [3.05, 3.63) is 35.4 Å². The van der Waals surface area contributed by atoms with E-state index >= 15 is 0 Å². The van der Waals surface area contributed by atoms with Crippen LogP contribution < -0.4 is 5.32 Å². The fourth-order valence-electron chi connectivity index (χ4n) is 2.59. The summed E-state index contributed by atoms with van der Waals surface area (Å²) in [5, 5.41) is 3.56. The molecule has 1 aromatic rings. The Kier molecular flexibility index (Phi) is 1.58. The highest BCUT2D eigenvalue weighted by Gasteiger charge is 2.61. The van der Waals surface area contributed by atoms with Crippen molar-refractivity contribution in [3.63, 3.8) is 0 Å². The molecule has 3 rings (SSSR count). The maximum atomic E-state index is 3.56. The van der Waals surface area contributed by atoms with Crippen LogP contribution in [0.25, 0.3) is 0 Å². The zero-order valence-corrected chi connectivity index (χ0v) is 8.88. The van der Waals surface area contributed by atoms with Gasteiger partial charge in [-0.1, -0.05) is 38.1 Å². The van der Waals surface area contributed by atoms with E-state index in [4.69, 9.17) is 0 Å². The third kappa shape index (κ3) is 0.992. The Morgan fingerprint density at radius 3 is 2.36 bits per heavy atom. The maximum Gasteiger partial charge on any atom is 0.0480 e. The van der Waals surface area contributed by atoms with Crippen LogP contribution >= 0.6 is 0 Å². The van der Waals surface area contributed by atoms with Gasteiger partial charge in [0.25, 0.3) is 0 Å². The van der Waals surface area contributed by atoms with Crippen LogP contribution in [0.4, 0.5) is 0 Å². The Hall–Kier alpha value is -0.820. The Morgan fingerprint density at radius 2 is 2.00 bits per heavy atom. The molecule has 14 heavy (non-hydrogen) atoms. The first-order valence-electron chi connectivity index (χ1n) is 5.58. The highest BCUT2D eigenvalue weighted by atomic mass is 15.1. The van der Waals surface area contributed by atoms with E-state index in [0.717, 1.165) is 5.92 Å². The third-order valence-corrected chi connectivity index (χ3v) is 3.86. The predicted octanol–water partition coefficient (Wildman–Crippen LogP) is 2.63. The van der Waals surface area contributed by atoms with E-state index in [1.165, 1.54) is 24.1 Å². The smallest absolute Gasteiger partial charge is 0.0480 e. The van der Waals surface area contributed by atoms with Crippen LogP contribution in [0.1, 0.15) is 37.3 Å². The van der Waals surface area contributed by atoms with Crippen molar-refractivity contribution in [2.75, 3.05) is 6.54 Å². The van der Waals surface area contributed by atoms with Crippen LogP contribution in [0.5, 0.6) is 0 Å². The van der Waals surface area contributed by atoms with E-state index in [2.05, 4.69) is 43.4 Å². The zero-order valence-electron chi connectivity index (χ0n) is 8.88. The molecule has 1 saturated heterocycles. The molecule has 0 bridgehead atoms. The highest BCUT2D eigenvalue weighted by molar-refractivity contribution is 5.39. The summed E-state index contributed by atoms with van der Waals surface area (Å²) in [5.41, 5.74) is 3.36. The Morgan fingerprint density at radius 1 is 1.29 bits per heavy atom. The van der Waals surface area contributed by atoms with Gasteiger partial charge in [-0.05, 0) is 29.4 Å². The number of fused-ring (bicyclic) bond motifs is 1. The molecule has 1 aromatic carbocycles. The van der Waals surface area contributed by atoms with Crippen LogP contribution in [0.15, 0.2) is 24.3 Å². The number of hydrogen-bond acceptors (Lipinski definition) is 1.